The van der Waals surface area contributed by atoms with Crippen LogP contribution in [0.3, 0.4) is 0 Å². The van der Waals surface area contributed by atoms with Crippen molar-refractivity contribution in [1.82, 2.24) is 14.5 Å². The van der Waals surface area contributed by atoms with Gasteiger partial charge < -0.3 is 14.6 Å². The molecule has 0 radical (unpaired) electrons. The van der Waals surface area contributed by atoms with Crippen LogP contribution >= 0.6 is 0 Å². The minimum absolute atomic E-state index is 0.206. The van der Waals surface area contributed by atoms with E-state index >= 15 is 0 Å². The third kappa shape index (κ3) is 4.21. The van der Waals surface area contributed by atoms with Gasteiger partial charge in [-0.1, -0.05) is 38.0 Å². The molecule has 3 rings (SSSR count). The molecule has 1 amide bonds. The molecule has 1 aliphatic rings. The predicted molar refractivity (Wildman–Crippen MR) is 101 cm³/mol. The van der Waals surface area contributed by atoms with E-state index in [0.29, 0.717) is 37.1 Å². The number of benzene rings is 1. The van der Waals surface area contributed by atoms with Crippen LogP contribution in [-0.4, -0.2) is 32.0 Å². The summed E-state index contributed by atoms with van der Waals surface area (Å²) in [6.45, 7) is 3.25. The maximum atomic E-state index is 14.5. The first-order chi connectivity index (χ1) is 13.1. The Morgan fingerprint density at radius 3 is 2.70 bits per heavy atom. The molecule has 0 saturated heterocycles. The summed E-state index contributed by atoms with van der Waals surface area (Å²) in [5.74, 6) is -0.958. The molecule has 1 N–H and O–H groups in total. The summed E-state index contributed by atoms with van der Waals surface area (Å²) in [4.78, 5) is 18.3. The molecule has 5 nitrogen and oxygen atoms in total. The fraction of sp³-hybridized carbons (Fsp3) is 0.429. The van der Waals surface area contributed by atoms with Gasteiger partial charge in [-0.05, 0) is 25.3 Å². The van der Waals surface area contributed by atoms with E-state index in [1.54, 1.807) is 35.6 Å². The smallest absolute Gasteiger partial charge is 0.289 e. The third-order valence-corrected chi connectivity index (χ3v) is 5.03. The minimum Gasteiger partial charge on any atom is -0.503 e. The number of aryl methyl sites for hydroxylation is 1. The molecule has 0 fully saturated rings. The molecule has 6 heteroatoms. The van der Waals surface area contributed by atoms with Crippen LogP contribution < -0.4 is 0 Å². The van der Waals surface area contributed by atoms with Gasteiger partial charge in [-0.3, -0.25) is 4.79 Å². The van der Waals surface area contributed by atoms with E-state index in [-0.39, 0.29) is 11.6 Å². The summed E-state index contributed by atoms with van der Waals surface area (Å²) in [5, 5.41) is 10.5. The first-order valence-corrected chi connectivity index (χ1v) is 9.56. The Balaban J connectivity index is 1.82. The number of aliphatic hydroxyl groups is 1. The van der Waals surface area contributed by atoms with Crippen LogP contribution in [0.25, 0.3) is 0 Å². The second-order valence-electron chi connectivity index (χ2n) is 6.91. The average Bonchev–Trinajstić information content (AvgIpc) is 3.26. The molecule has 144 valence electrons. The van der Waals surface area contributed by atoms with E-state index in [9.17, 15) is 14.3 Å². The van der Waals surface area contributed by atoms with Crippen molar-refractivity contribution >= 4 is 5.91 Å². The Kier molecular flexibility index (Phi) is 6.27. The molecule has 0 bridgehead atoms. The van der Waals surface area contributed by atoms with Crippen LogP contribution in [0, 0.1) is 5.82 Å². The summed E-state index contributed by atoms with van der Waals surface area (Å²) >= 11 is 0. The SMILES string of the molecule is CCCCCC1=C(O)C(=O)N(CCCn2ccnc2)C1c1ccccc1F. The summed E-state index contributed by atoms with van der Waals surface area (Å²) in [5.41, 5.74) is 1.09. The Morgan fingerprint density at radius 1 is 1.19 bits per heavy atom. The molecule has 27 heavy (non-hydrogen) atoms. The molecular formula is C21H26FN3O2. The summed E-state index contributed by atoms with van der Waals surface area (Å²) in [6, 6.07) is 5.99. The Labute approximate surface area is 159 Å². The highest BCUT2D eigenvalue weighted by atomic mass is 19.1. The van der Waals surface area contributed by atoms with Crippen molar-refractivity contribution in [1.29, 1.82) is 0 Å². The van der Waals surface area contributed by atoms with Crippen LogP contribution in [-0.2, 0) is 11.3 Å². The van der Waals surface area contributed by atoms with Crippen LogP contribution in [0.2, 0.25) is 0 Å². The predicted octanol–water partition coefficient (Wildman–Crippen LogP) is 4.39. The fourth-order valence-electron chi connectivity index (χ4n) is 3.65. The number of halogens is 1. The number of nitrogens with zero attached hydrogens (tertiary/aromatic N) is 3. The topological polar surface area (TPSA) is 58.4 Å². The second-order valence-corrected chi connectivity index (χ2v) is 6.91. The van der Waals surface area contributed by atoms with Gasteiger partial charge in [-0.15, -0.1) is 0 Å². The molecule has 1 aliphatic heterocycles. The highest BCUT2D eigenvalue weighted by molar-refractivity contribution is 5.95. The van der Waals surface area contributed by atoms with Gasteiger partial charge in [0.05, 0.1) is 12.4 Å². The van der Waals surface area contributed by atoms with Gasteiger partial charge in [-0.2, -0.15) is 0 Å². The van der Waals surface area contributed by atoms with Gasteiger partial charge in [0.2, 0.25) is 0 Å². The lowest BCUT2D eigenvalue weighted by atomic mass is 9.94. The number of rotatable bonds is 9. The van der Waals surface area contributed by atoms with E-state index in [1.165, 1.54) is 6.07 Å². The fourth-order valence-corrected chi connectivity index (χ4v) is 3.65. The van der Waals surface area contributed by atoms with Crippen molar-refractivity contribution in [2.45, 2.75) is 51.6 Å². The Bertz CT molecular complexity index is 802. The summed E-state index contributed by atoms with van der Waals surface area (Å²) < 4.78 is 16.5. The monoisotopic (exact) mass is 371 g/mol. The van der Waals surface area contributed by atoms with Crippen LogP contribution in [0.4, 0.5) is 4.39 Å². The van der Waals surface area contributed by atoms with Crippen molar-refractivity contribution < 1.29 is 14.3 Å². The highest BCUT2D eigenvalue weighted by Gasteiger charge is 2.40. The molecular weight excluding hydrogens is 345 g/mol. The van der Waals surface area contributed by atoms with Crippen molar-refractivity contribution in [3.63, 3.8) is 0 Å². The second kappa shape index (κ2) is 8.84. The minimum atomic E-state index is -0.529. The molecule has 0 aliphatic carbocycles. The van der Waals surface area contributed by atoms with Crippen molar-refractivity contribution in [3.05, 3.63) is 65.7 Å². The number of amides is 1. The lowest BCUT2D eigenvalue weighted by Crippen LogP contribution is -2.32. The van der Waals surface area contributed by atoms with Gasteiger partial charge in [-0.25, -0.2) is 9.37 Å². The first-order valence-electron chi connectivity index (χ1n) is 9.56. The van der Waals surface area contributed by atoms with Gasteiger partial charge in [0, 0.05) is 36.6 Å². The molecule has 2 aromatic rings. The number of imidazole rings is 1. The van der Waals surface area contributed by atoms with E-state index in [4.69, 9.17) is 0 Å². The Morgan fingerprint density at radius 2 is 2.00 bits per heavy atom. The molecule has 1 atom stereocenters. The van der Waals surface area contributed by atoms with Gasteiger partial charge in [0.1, 0.15) is 5.82 Å². The van der Waals surface area contributed by atoms with E-state index in [2.05, 4.69) is 11.9 Å². The zero-order chi connectivity index (χ0) is 19.2. The number of aliphatic hydroxyl groups excluding tert-OH is 1. The molecule has 2 heterocycles. The van der Waals surface area contributed by atoms with Crippen LogP contribution in [0.5, 0.6) is 0 Å². The number of carbonyl (C=O) groups excluding carboxylic acids is 1. The van der Waals surface area contributed by atoms with Crippen molar-refractivity contribution in [2.24, 2.45) is 0 Å². The summed E-state index contributed by atoms with van der Waals surface area (Å²) in [6.07, 6.45) is 9.53. The quantitative estimate of drug-likeness (QED) is 0.665. The van der Waals surface area contributed by atoms with Crippen molar-refractivity contribution in [2.75, 3.05) is 6.54 Å². The van der Waals surface area contributed by atoms with E-state index < -0.39 is 11.9 Å². The number of aromatic nitrogens is 2. The average molecular weight is 371 g/mol. The zero-order valence-corrected chi connectivity index (χ0v) is 15.6. The standard InChI is InChI=1S/C21H26FN3O2/c1-2-3-4-9-17-19(16-8-5-6-10-18(16)22)25(21(27)20(17)26)13-7-12-24-14-11-23-15-24/h5-6,8,10-11,14-15,19,26H,2-4,7,9,12-13H2,1H3. The summed E-state index contributed by atoms with van der Waals surface area (Å²) in [7, 11) is 0. The normalized spacial score (nSPS) is 17.2. The maximum Gasteiger partial charge on any atom is 0.289 e. The van der Waals surface area contributed by atoms with E-state index in [0.717, 1.165) is 19.3 Å². The lowest BCUT2D eigenvalue weighted by Gasteiger charge is -2.27. The van der Waals surface area contributed by atoms with Crippen molar-refractivity contribution in [3.8, 4) is 0 Å². The largest absolute Gasteiger partial charge is 0.503 e. The van der Waals surface area contributed by atoms with Gasteiger partial charge in [0.25, 0.3) is 5.91 Å². The molecule has 0 saturated carbocycles. The number of carbonyl (C=O) groups is 1. The molecule has 1 aromatic carbocycles. The lowest BCUT2D eigenvalue weighted by molar-refractivity contribution is -0.129. The Hall–Kier alpha value is -2.63. The van der Waals surface area contributed by atoms with E-state index in [1.807, 2.05) is 10.8 Å². The molecule has 1 unspecified atom stereocenters. The van der Waals surface area contributed by atoms with Gasteiger partial charge >= 0.3 is 0 Å². The maximum absolute atomic E-state index is 14.5. The molecule has 0 spiro atoms. The highest BCUT2D eigenvalue weighted by Crippen LogP contribution is 2.40. The number of hydrogen-bond donors (Lipinski definition) is 1. The molecule has 1 aromatic heterocycles. The zero-order valence-electron chi connectivity index (χ0n) is 15.6. The number of hydrogen-bond acceptors (Lipinski definition) is 3. The number of unbranched alkanes of at least 4 members (excludes halogenated alkanes) is 2. The third-order valence-electron chi connectivity index (χ3n) is 5.03. The van der Waals surface area contributed by atoms with Crippen LogP contribution in [0.1, 0.15) is 50.6 Å². The van der Waals surface area contributed by atoms with Gasteiger partial charge in [0.15, 0.2) is 5.76 Å². The first kappa shape index (κ1) is 19.1. The van der Waals surface area contributed by atoms with Crippen LogP contribution in [0.15, 0.2) is 54.3 Å².